The van der Waals surface area contributed by atoms with Gasteiger partial charge in [0.25, 0.3) is 0 Å². The predicted molar refractivity (Wildman–Crippen MR) is 119 cm³/mol. The van der Waals surface area contributed by atoms with Gasteiger partial charge in [-0.15, -0.1) is 0 Å². The Hall–Kier alpha value is -4.31. The highest BCUT2D eigenvalue weighted by Crippen LogP contribution is 2.59. The molecule has 0 unspecified atom stereocenters. The quantitative estimate of drug-likeness (QED) is 0.607. The van der Waals surface area contributed by atoms with Crippen molar-refractivity contribution in [3.05, 3.63) is 82.1 Å². The van der Waals surface area contributed by atoms with Crippen LogP contribution in [0.2, 0.25) is 0 Å². The third kappa shape index (κ3) is 4.27. The molecule has 0 heterocycles. The van der Waals surface area contributed by atoms with Crippen molar-refractivity contribution in [2.45, 2.75) is 24.9 Å². The number of methoxy groups -OCH3 is 2. The zero-order valence-electron chi connectivity index (χ0n) is 19.5. The highest BCUT2D eigenvalue weighted by molar-refractivity contribution is 5.94. The number of nitriles is 2. The Kier molecular flexibility index (Phi) is 7.12. The molecule has 10 heteroatoms. The van der Waals surface area contributed by atoms with Gasteiger partial charge < -0.3 is 14.6 Å². The van der Waals surface area contributed by atoms with E-state index in [0.717, 1.165) is 31.9 Å². The summed E-state index contributed by atoms with van der Waals surface area (Å²) >= 11 is 0. The fraction of sp³-hybridized carbons (Fsp3) is 0.308. The van der Waals surface area contributed by atoms with Gasteiger partial charge in [0.05, 0.1) is 43.4 Å². The molecule has 2 aromatic rings. The van der Waals surface area contributed by atoms with Crippen molar-refractivity contribution in [3.63, 3.8) is 0 Å². The van der Waals surface area contributed by atoms with Crippen LogP contribution in [0, 0.1) is 40.9 Å². The zero-order valence-corrected chi connectivity index (χ0v) is 19.5. The number of halogens is 3. The summed E-state index contributed by atoms with van der Waals surface area (Å²) in [5.41, 5.74) is -3.09. The minimum absolute atomic E-state index is 0.212. The van der Waals surface area contributed by atoms with Crippen molar-refractivity contribution in [2.24, 2.45) is 11.3 Å². The van der Waals surface area contributed by atoms with Crippen LogP contribution in [0.4, 0.5) is 13.2 Å². The fourth-order valence-electron chi connectivity index (χ4n) is 4.70. The van der Waals surface area contributed by atoms with E-state index in [-0.39, 0.29) is 11.1 Å². The molecule has 0 spiro atoms. The first-order chi connectivity index (χ1) is 17.0. The molecule has 1 aliphatic carbocycles. The van der Waals surface area contributed by atoms with Crippen LogP contribution in [0.3, 0.4) is 0 Å². The maximum absolute atomic E-state index is 13.5. The van der Waals surface area contributed by atoms with Crippen molar-refractivity contribution in [1.82, 2.24) is 0 Å². The molecule has 0 saturated carbocycles. The maximum atomic E-state index is 13.5. The number of nitrogens with zero attached hydrogens (tertiary/aromatic N) is 2. The third-order valence-electron chi connectivity index (χ3n) is 6.35. The molecule has 1 aliphatic rings. The SMILES string of the molecule is COC(=O)C1=C(O)[C@H](C(=O)OC)[C@@H](c2cccc(C(F)(F)F)c2)C(C#N)(C#N)[C@H]1c1ccc(C)cc1. The first-order valence-electron chi connectivity index (χ1n) is 10.6. The van der Waals surface area contributed by atoms with Crippen molar-refractivity contribution >= 4 is 11.9 Å². The highest BCUT2D eigenvalue weighted by atomic mass is 19.4. The van der Waals surface area contributed by atoms with E-state index in [1.165, 1.54) is 18.2 Å². The Morgan fingerprint density at radius 2 is 1.61 bits per heavy atom. The Bertz CT molecular complexity index is 1290. The molecule has 0 fully saturated rings. The number of aliphatic hydroxyl groups excluding tert-OH is 1. The summed E-state index contributed by atoms with van der Waals surface area (Å²) < 4.78 is 50.2. The van der Waals surface area contributed by atoms with Crippen LogP contribution in [0.5, 0.6) is 0 Å². The van der Waals surface area contributed by atoms with Crippen LogP contribution >= 0.6 is 0 Å². The molecule has 1 N–H and O–H groups in total. The summed E-state index contributed by atoms with van der Waals surface area (Å²) in [5.74, 6) is -8.04. The molecule has 186 valence electrons. The molecule has 0 radical (unpaired) electrons. The van der Waals surface area contributed by atoms with Gasteiger partial charge in [-0.05, 0) is 24.1 Å². The lowest BCUT2D eigenvalue weighted by Gasteiger charge is -2.44. The average molecular weight is 498 g/mol. The molecule has 0 aromatic heterocycles. The third-order valence-corrected chi connectivity index (χ3v) is 6.35. The van der Waals surface area contributed by atoms with Crippen LogP contribution in [-0.4, -0.2) is 31.3 Å². The van der Waals surface area contributed by atoms with Crippen molar-refractivity contribution in [2.75, 3.05) is 14.2 Å². The molecule has 2 aromatic carbocycles. The summed E-state index contributed by atoms with van der Waals surface area (Å²) in [6.45, 7) is 1.78. The van der Waals surface area contributed by atoms with Crippen molar-refractivity contribution in [1.29, 1.82) is 10.5 Å². The van der Waals surface area contributed by atoms with E-state index >= 15 is 0 Å². The second-order valence-corrected chi connectivity index (χ2v) is 8.33. The Balaban J connectivity index is 2.49. The van der Waals surface area contributed by atoms with Gasteiger partial charge in [0.1, 0.15) is 11.7 Å². The Morgan fingerprint density at radius 3 is 2.11 bits per heavy atom. The molecule has 36 heavy (non-hydrogen) atoms. The minimum atomic E-state index is -4.77. The van der Waals surface area contributed by atoms with E-state index in [1.54, 1.807) is 19.1 Å². The molecule has 0 amide bonds. The lowest BCUT2D eigenvalue weighted by Crippen LogP contribution is -2.47. The maximum Gasteiger partial charge on any atom is 0.416 e. The second kappa shape index (κ2) is 9.74. The largest absolute Gasteiger partial charge is 0.511 e. The van der Waals surface area contributed by atoms with Crippen LogP contribution in [-0.2, 0) is 25.2 Å². The molecule has 3 atom stereocenters. The summed E-state index contributed by atoms with van der Waals surface area (Å²) in [4.78, 5) is 25.8. The Labute approximate surface area is 205 Å². The number of ether oxygens (including phenoxy) is 2. The van der Waals surface area contributed by atoms with Gasteiger partial charge in [-0.3, -0.25) is 4.79 Å². The normalized spacial score (nSPS) is 21.2. The molecule has 0 aliphatic heterocycles. The van der Waals surface area contributed by atoms with Crippen LogP contribution in [0.15, 0.2) is 59.9 Å². The van der Waals surface area contributed by atoms with Crippen molar-refractivity contribution < 1.29 is 37.3 Å². The van der Waals surface area contributed by atoms with Gasteiger partial charge in [0.2, 0.25) is 0 Å². The molecule has 0 saturated heterocycles. The second-order valence-electron chi connectivity index (χ2n) is 8.33. The predicted octanol–water partition coefficient (Wildman–Crippen LogP) is 4.70. The van der Waals surface area contributed by atoms with Gasteiger partial charge in [-0.1, -0.05) is 48.0 Å². The number of carbonyl (C=O) groups excluding carboxylic acids is 2. The van der Waals surface area contributed by atoms with E-state index in [9.17, 15) is 38.4 Å². The fourth-order valence-corrected chi connectivity index (χ4v) is 4.70. The standard InChI is InChI=1S/C26H21F3N2O5/c1-14-7-9-15(10-8-14)20-18(23(33)35-2)22(32)19(24(34)36-3)21(25(20,12-30)13-31)16-5-4-6-17(11-16)26(27,28)29/h4-11,19-21,32H,1-3H3/t19-,20+,21-/m1/s1. The van der Waals surface area contributed by atoms with Gasteiger partial charge in [0, 0.05) is 5.92 Å². The summed E-state index contributed by atoms with van der Waals surface area (Å²) in [7, 11) is 1.99. The number of benzene rings is 2. The molecule has 0 bridgehead atoms. The molecule has 7 nitrogen and oxygen atoms in total. The summed E-state index contributed by atoms with van der Waals surface area (Å²) in [6.07, 6.45) is -4.77. The van der Waals surface area contributed by atoms with E-state index in [4.69, 9.17) is 9.47 Å². The average Bonchev–Trinajstić information content (AvgIpc) is 2.87. The van der Waals surface area contributed by atoms with Crippen LogP contribution < -0.4 is 0 Å². The number of aryl methyl sites for hydroxylation is 1. The first kappa shape index (κ1) is 26.3. The van der Waals surface area contributed by atoms with Crippen LogP contribution in [0.25, 0.3) is 0 Å². The topological polar surface area (TPSA) is 120 Å². The number of rotatable bonds is 4. The Morgan fingerprint density at radius 1 is 1.00 bits per heavy atom. The van der Waals surface area contributed by atoms with Crippen molar-refractivity contribution in [3.8, 4) is 12.1 Å². The smallest absolute Gasteiger partial charge is 0.416 e. The van der Waals surface area contributed by atoms with E-state index < -0.39 is 58.2 Å². The van der Waals surface area contributed by atoms with Gasteiger partial charge in [0.15, 0.2) is 5.41 Å². The lowest BCUT2D eigenvalue weighted by atomic mass is 9.54. The minimum Gasteiger partial charge on any atom is -0.511 e. The van der Waals surface area contributed by atoms with E-state index in [1.807, 2.05) is 12.1 Å². The molecule has 3 rings (SSSR count). The zero-order chi connectivity index (χ0) is 26.8. The number of aliphatic hydroxyl groups is 1. The monoisotopic (exact) mass is 498 g/mol. The van der Waals surface area contributed by atoms with Gasteiger partial charge in [-0.25, -0.2) is 4.79 Å². The van der Waals surface area contributed by atoms with E-state index in [0.29, 0.717) is 6.07 Å². The summed E-state index contributed by atoms with van der Waals surface area (Å²) in [6, 6.07) is 13.9. The number of alkyl halides is 3. The van der Waals surface area contributed by atoms with E-state index in [2.05, 4.69) is 0 Å². The summed E-state index contributed by atoms with van der Waals surface area (Å²) in [5, 5.41) is 32.1. The van der Waals surface area contributed by atoms with Crippen LogP contribution in [0.1, 0.15) is 34.1 Å². The first-order valence-corrected chi connectivity index (χ1v) is 10.6. The molecular weight excluding hydrogens is 477 g/mol. The number of hydrogen-bond donors (Lipinski definition) is 1. The number of hydrogen-bond acceptors (Lipinski definition) is 7. The number of carbonyl (C=O) groups is 2. The van der Waals surface area contributed by atoms with Gasteiger partial charge >= 0.3 is 18.1 Å². The molecular formula is C26H21F3N2O5. The lowest BCUT2D eigenvalue weighted by molar-refractivity contribution is -0.147. The number of esters is 2. The highest BCUT2D eigenvalue weighted by Gasteiger charge is 2.61. The van der Waals surface area contributed by atoms with Gasteiger partial charge in [-0.2, -0.15) is 23.7 Å².